The van der Waals surface area contributed by atoms with Gasteiger partial charge in [0.05, 0.1) is 5.56 Å². The molecule has 0 bridgehead atoms. The minimum absolute atomic E-state index is 0.600. The van der Waals surface area contributed by atoms with Gasteiger partial charge in [0.1, 0.15) is 11.2 Å². The van der Waals surface area contributed by atoms with Crippen molar-refractivity contribution in [3.05, 3.63) is 127 Å². The quantitative estimate of drug-likeness (QED) is 0.231. The summed E-state index contributed by atoms with van der Waals surface area (Å²) in [6.45, 7) is 0. The van der Waals surface area contributed by atoms with E-state index in [0.717, 1.165) is 44.2 Å². The van der Waals surface area contributed by atoms with Crippen molar-refractivity contribution in [3.8, 4) is 56.4 Å². The lowest BCUT2D eigenvalue weighted by Crippen LogP contribution is -2.01. The summed E-state index contributed by atoms with van der Waals surface area (Å²) in [5.41, 5.74) is 9.09. The van der Waals surface area contributed by atoms with E-state index in [1.165, 1.54) is 27.5 Å². The van der Waals surface area contributed by atoms with E-state index in [1.807, 2.05) is 72.8 Å². The standard InChI is InChI=1S/C37H21N3O/c1-3-11-23(12-4-1)35-38-36(24-13-5-2-6-14-24)40-37(39-35)33-32-27-19-10-16-22-15-9-18-26(31(22)27)28(32)21-29-25-17-7-8-20-30(25)41-34(29)33/h1-21H. The largest absolute Gasteiger partial charge is 0.455 e. The van der Waals surface area contributed by atoms with Gasteiger partial charge in [-0.3, -0.25) is 0 Å². The fourth-order valence-electron chi connectivity index (χ4n) is 6.26. The molecule has 8 aromatic rings. The van der Waals surface area contributed by atoms with Crippen molar-refractivity contribution in [3.63, 3.8) is 0 Å². The molecule has 0 fully saturated rings. The van der Waals surface area contributed by atoms with Crippen LogP contribution < -0.4 is 0 Å². The van der Waals surface area contributed by atoms with Gasteiger partial charge in [0, 0.05) is 27.5 Å². The van der Waals surface area contributed by atoms with E-state index >= 15 is 0 Å². The average molecular weight is 524 g/mol. The molecule has 2 aromatic heterocycles. The number of aromatic nitrogens is 3. The van der Waals surface area contributed by atoms with Gasteiger partial charge in [0.15, 0.2) is 17.5 Å². The van der Waals surface area contributed by atoms with Crippen LogP contribution in [0.25, 0.3) is 89.1 Å². The second-order valence-electron chi connectivity index (χ2n) is 10.4. The first-order valence-electron chi connectivity index (χ1n) is 13.7. The first kappa shape index (κ1) is 22.2. The van der Waals surface area contributed by atoms with Crippen LogP contribution >= 0.6 is 0 Å². The second-order valence-corrected chi connectivity index (χ2v) is 10.4. The Bertz CT molecular complexity index is 2240. The molecule has 0 amide bonds. The van der Waals surface area contributed by atoms with Crippen molar-refractivity contribution < 1.29 is 4.42 Å². The molecule has 41 heavy (non-hydrogen) atoms. The van der Waals surface area contributed by atoms with Crippen LogP contribution in [0, 0.1) is 0 Å². The first-order chi connectivity index (χ1) is 20.3. The number of nitrogens with zero attached hydrogens (tertiary/aromatic N) is 3. The Balaban J connectivity index is 1.45. The van der Waals surface area contributed by atoms with Gasteiger partial charge in [0.25, 0.3) is 0 Å². The molecule has 2 heterocycles. The summed E-state index contributed by atoms with van der Waals surface area (Å²) in [7, 11) is 0. The fraction of sp³-hybridized carbons (Fsp3) is 0. The molecular formula is C37H21N3O. The Hall–Kier alpha value is -5.61. The maximum atomic E-state index is 6.65. The molecule has 0 unspecified atom stereocenters. The highest BCUT2D eigenvalue weighted by Crippen LogP contribution is 2.54. The highest BCUT2D eigenvalue weighted by Gasteiger charge is 2.30. The van der Waals surface area contributed by atoms with Crippen LogP contribution in [0.15, 0.2) is 132 Å². The second kappa shape index (κ2) is 8.44. The third kappa shape index (κ3) is 3.25. The van der Waals surface area contributed by atoms with E-state index in [9.17, 15) is 0 Å². The van der Waals surface area contributed by atoms with Gasteiger partial charge < -0.3 is 4.42 Å². The Kier molecular flexibility index (Phi) is 4.58. The maximum absolute atomic E-state index is 6.65. The first-order valence-corrected chi connectivity index (χ1v) is 13.7. The van der Waals surface area contributed by atoms with Crippen molar-refractivity contribution in [1.82, 2.24) is 15.0 Å². The molecule has 190 valence electrons. The third-order valence-electron chi connectivity index (χ3n) is 8.06. The van der Waals surface area contributed by atoms with E-state index in [-0.39, 0.29) is 0 Å². The summed E-state index contributed by atoms with van der Waals surface area (Å²) in [6, 6.07) is 43.7. The minimum Gasteiger partial charge on any atom is -0.455 e. The summed E-state index contributed by atoms with van der Waals surface area (Å²) in [5, 5.41) is 4.61. The molecule has 1 aliphatic carbocycles. The number of hydrogen-bond donors (Lipinski definition) is 0. The molecule has 9 rings (SSSR count). The van der Waals surface area contributed by atoms with E-state index in [2.05, 4.69) is 54.6 Å². The summed E-state index contributed by atoms with van der Waals surface area (Å²) in [4.78, 5) is 15.2. The van der Waals surface area contributed by atoms with Gasteiger partial charge in [-0.1, -0.05) is 115 Å². The molecule has 0 saturated heterocycles. The van der Waals surface area contributed by atoms with Crippen molar-refractivity contribution in [1.29, 1.82) is 0 Å². The number of fused-ring (bicyclic) bond motifs is 6. The predicted octanol–water partition coefficient (Wildman–Crippen LogP) is 9.57. The topological polar surface area (TPSA) is 51.8 Å². The number of para-hydroxylation sites is 1. The highest BCUT2D eigenvalue weighted by atomic mass is 16.3. The number of benzene rings is 6. The molecule has 0 spiro atoms. The van der Waals surface area contributed by atoms with Gasteiger partial charge in [-0.05, 0) is 39.6 Å². The molecule has 4 heteroatoms. The van der Waals surface area contributed by atoms with Crippen molar-refractivity contribution >= 4 is 32.7 Å². The minimum atomic E-state index is 0.600. The lowest BCUT2D eigenvalue weighted by molar-refractivity contribution is 0.669. The summed E-state index contributed by atoms with van der Waals surface area (Å²) < 4.78 is 6.65. The number of hydrogen-bond acceptors (Lipinski definition) is 4. The Labute approximate surface area is 235 Å². The molecule has 6 aromatic carbocycles. The molecule has 0 atom stereocenters. The van der Waals surface area contributed by atoms with Crippen molar-refractivity contribution in [2.24, 2.45) is 0 Å². The van der Waals surface area contributed by atoms with E-state index in [4.69, 9.17) is 19.4 Å². The van der Waals surface area contributed by atoms with Crippen LogP contribution in [0.4, 0.5) is 0 Å². The Morgan fingerprint density at radius 1 is 0.439 bits per heavy atom. The van der Waals surface area contributed by atoms with E-state index in [1.54, 1.807) is 0 Å². The molecule has 0 saturated carbocycles. The molecule has 4 nitrogen and oxygen atoms in total. The monoisotopic (exact) mass is 523 g/mol. The zero-order chi connectivity index (χ0) is 26.9. The lowest BCUT2D eigenvalue weighted by atomic mass is 9.94. The third-order valence-corrected chi connectivity index (χ3v) is 8.06. The summed E-state index contributed by atoms with van der Waals surface area (Å²) in [6.07, 6.45) is 0. The SMILES string of the molecule is c1ccc(-c2nc(-c3ccccc3)nc(-c3c4c(cc5c3oc3ccccc35)-c3cccc5cccc-4c35)n2)cc1. The van der Waals surface area contributed by atoms with Gasteiger partial charge in [-0.25, -0.2) is 15.0 Å². The van der Waals surface area contributed by atoms with Crippen molar-refractivity contribution in [2.45, 2.75) is 0 Å². The maximum Gasteiger partial charge on any atom is 0.168 e. The van der Waals surface area contributed by atoms with Crippen LogP contribution in [-0.4, -0.2) is 15.0 Å². The van der Waals surface area contributed by atoms with Gasteiger partial charge >= 0.3 is 0 Å². The smallest absolute Gasteiger partial charge is 0.168 e. The van der Waals surface area contributed by atoms with Crippen LogP contribution in [0.3, 0.4) is 0 Å². The Morgan fingerprint density at radius 3 is 1.76 bits per heavy atom. The zero-order valence-electron chi connectivity index (χ0n) is 21.9. The molecular weight excluding hydrogens is 502 g/mol. The van der Waals surface area contributed by atoms with E-state index < -0.39 is 0 Å². The number of rotatable bonds is 3. The fourth-order valence-corrected chi connectivity index (χ4v) is 6.26. The van der Waals surface area contributed by atoms with Gasteiger partial charge in [-0.2, -0.15) is 0 Å². The van der Waals surface area contributed by atoms with Crippen LogP contribution in [-0.2, 0) is 0 Å². The molecule has 0 N–H and O–H groups in total. The Morgan fingerprint density at radius 2 is 1.05 bits per heavy atom. The molecule has 0 radical (unpaired) electrons. The number of furan rings is 1. The summed E-state index contributed by atoms with van der Waals surface area (Å²) >= 11 is 0. The van der Waals surface area contributed by atoms with Crippen molar-refractivity contribution in [2.75, 3.05) is 0 Å². The van der Waals surface area contributed by atoms with Crippen LogP contribution in [0.2, 0.25) is 0 Å². The molecule has 1 aliphatic rings. The lowest BCUT2D eigenvalue weighted by Gasteiger charge is -2.13. The highest BCUT2D eigenvalue weighted by molar-refractivity contribution is 6.24. The predicted molar refractivity (Wildman–Crippen MR) is 165 cm³/mol. The van der Waals surface area contributed by atoms with Crippen LogP contribution in [0.1, 0.15) is 0 Å². The average Bonchev–Trinajstić information content (AvgIpc) is 3.57. The molecule has 0 aliphatic heterocycles. The zero-order valence-corrected chi connectivity index (χ0v) is 21.9. The summed E-state index contributed by atoms with van der Waals surface area (Å²) in [5.74, 6) is 1.86. The van der Waals surface area contributed by atoms with Gasteiger partial charge in [0.2, 0.25) is 0 Å². The normalized spacial score (nSPS) is 11.9. The van der Waals surface area contributed by atoms with E-state index in [0.29, 0.717) is 17.5 Å². The van der Waals surface area contributed by atoms with Gasteiger partial charge in [-0.15, -0.1) is 0 Å². The van der Waals surface area contributed by atoms with Crippen LogP contribution in [0.5, 0.6) is 0 Å².